The zero-order valence-electron chi connectivity index (χ0n) is 32.8. The first-order chi connectivity index (χ1) is 26.0. The molecule has 0 spiro atoms. The van der Waals surface area contributed by atoms with Crippen molar-refractivity contribution in [1.29, 1.82) is 0 Å². The molecule has 0 aromatic carbocycles. The fraction of sp³-hybridized carbons (Fsp3) is 0.543. The third kappa shape index (κ3) is 12.7. The van der Waals surface area contributed by atoms with Crippen molar-refractivity contribution in [2.45, 2.75) is 156 Å². The summed E-state index contributed by atoms with van der Waals surface area (Å²) in [4.78, 5) is 23.7. The molecule has 0 atom stereocenters. The Balaban J connectivity index is 1.40. The molecule has 288 valence electrons. The molecule has 5 rings (SSSR count). The van der Waals surface area contributed by atoms with Gasteiger partial charge in [0.2, 0.25) is 0 Å². The number of esters is 1. The van der Waals surface area contributed by atoms with E-state index in [2.05, 4.69) is 73.9 Å². The molecule has 0 aliphatic rings. The molecule has 53 heavy (non-hydrogen) atoms. The van der Waals surface area contributed by atoms with Crippen LogP contribution in [0.5, 0.6) is 0 Å². The largest absolute Gasteiger partial charge is 0.465 e. The van der Waals surface area contributed by atoms with Gasteiger partial charge in [-0.15, -0.1) is 56.7 Å². The van der Waals surface area contributed by atoms with E-state index in [0.29, 0.717) is 4.88 Å². The molecule has 0 saturated carbocycles. The van der Waals surface area contributed by atoms with Gasteiger partial charge in [-0.1, -0.05) is 117 Å². The Hall–Kier alpha value is -2.03. The maximum atomic E-state index is 12.1. The second-order valence-electron chi connectivity index (χ2n) is 14.6. The maximum Gasteiger partial charge on any atom is 0.348 e. The first-order valence-electron chi connectivity index (χ1n) is 20.7. The van der Waals surface area contributed by atoms with E-state index in [0.717, 1.165) is 11.3 Å². The molecule has 7 heteroatoms. The molecule has 0 aliphatic heterocycles. The van der Waals surface area contributed by atoms with Gasteiger partial charge < -0.3 is 4.74 Å². The second kappa shape index (κ2) is 23.1. The van der Waals surface area contributed by atoms with Crippen LogP contribution in [0, 0.1) is 0 Å². The number of hydrogen-bond acceptors (Lipinski definition) is 7. The third-order valence-corrected chi connectivity index (χ3v) is 16.5. The summed E-state index contributed by atoms with van der Waals surface area (Å²) in [6, 6.07) is 16.1. The lowest BCUT2D eigenvalue weighted by molar-refractivity contribution is 0.0606. The van der Waals surface area contributed by atoms with Gasteiger partial charge >= 0.3 is 5.97 Å². The summed E-state index contributed by atoms with van der Waals surface area (Å²) in [7, 11) is 1.45. The molecule has 5 aromatic rings. The van der Waals surface area contributed by atoms with Gasteiger partial charge in [-0.25, -0.2) is 4.79 Å². The second-order valence-corrected chi connectivity index (χ2v) is 19.8. The van der Waals surface area contributed by atoms with Crippen LogP contribution in [0.1, 0.15) is 163 Å². The van der Waals surface area contributed by atoms with Crippen molar-refractivity contribution in [1.82, 2.24) is 0 Å². The van der Waals surface area contributed by atoms with E-state index in [-0.39, 0.29) is 5.97 Å². The Morgan fingerprint density at radius 3 is 1.57 bits per heavy atom. The third-order valence-electron chi connectivity index (χ3n) is 10.2. The average molecular weight is 807 g/mol. The van der Waals surface area contributed by atoms with Crippen molar-refractivity contribution >= 4 is 62.7 Å². The van der Waals surface area contributed by atoms with Crippen molar-refractivity contribution < 1.29 is 9.53 Å². The van der Waals surface area contributed by atoms with E-state index in [4.69, 9.17) is 4.74 Å². The highest BCUT2D eigenvalue weighted by molar-refractivity contribution is 7.30. The summed E-state index contributed by atoms with van der Waals surface area (Å²) < 4.78 is 4.97. The summed E-state index contributed by atoms with van der Waals surface area (Å²) in [5, 5.41) is 2.44. The topological polar surface area (TPSA) is 26.3 Å². The van der Waals surface area contributed by atoms with E-state index in [1.807, 2.05) is 40.1 Å². The number of carbonyl (C=O) groups is 1. The van der Waals surface area contributed by atoms with Crippen LogP contribution in [0.15, 0.2) is 47.8 Å². The number of hydrogen-bond donors (Lipinski definition) is 0. The Bertz CT molecular complexity index is 1780. The quantitative estimate of drug-likeness (QED) is 0.0411. The van der Waals surface area contributed by atoms with Gasteiger partial charge in [0.1, 0.15) is 4.88 Å². The monoisotopic (exact) mass is 806 g/mol. The molecule has 5 aromatic heterocycles. The normalized spacial score (nSPS) is 11.5. The molecule has 2 nitrogen and oxygen atoms in total. The molecule has 0 N–H and O–H groups in total. The highest BCUT2D eigenvalue weighted by Gasteiger charge is 2.20. The predicted molar refractivity (Wildman–Crippen MR) is 240 cm³/mol. The molecular weight excluding hydrogens is 745 g/mol. The lowest BCUT2D eigenvalue weighted by Crippen LogP contribution is -1.96. The van der Waals surface area contributed by atoms with Crippen LogP contribution in [0.2, 0.25) is 0 Å². The number of thiophene rings is 5. The molecule has 0 radical (unpaired) electrons. The van der Waals surface area contributed by atoms with Crippen molar-refractivity contribution in [3.05, 3.63) is 69.4 Å². The van der Waals surface area contributed by atoms with Gasteiger partial charge in [0, 0.05) is 39.0 Å². The van der Waals surface area contributed by atoms with Crippen LogP contribution in [-0.4, -0.2) is 13.1 Å². The van der Waals surface area contributed by atoms with Crippen LogP contribution in [0.4, 0.5) is 0 Å². The number of rotatable bonds is 26. The summed E-state index contributed by atoms with van der Waals surface area (Å²) in [5.41, 5.74) is 4.61. The summed E-state index contributed by atoms with van der Waals surface area (Å²) in [5.74, 6) is -0.261. The maximum absolute atomic E-state index is 12.1. The Labute approximate surface area is 341 Å². The number of aryl methyl sites for hydroxylation is 3. The van der Waals surface area contributed by atoms with Gasteiger partial charge in [-0.05, 0) is 103 Å². The molecular formula is C46H62O2S5. The fourth-order valence-corrected chi connectivity index (χ4v) is 12.9. The first-order valence-corrected chi connectivity index (χ1v) is 24.8. The Morgan fingerprint density at radius 1 is 0.491 bits per heavy atom. The van der Waals surface area contributed by atoms with Crippen molar-refractivity contribution in [2.75, 3.05) is 7.11 Å². The number of carbonyl (C=O) groups excluding carboxylic acids is 1. The molecule has 5 heterocycles. The summed E-state index contributed by atoms with van der Waals surface area (Å²) >= 11 is 9.37. The SMILES string of the molecule is CCCCCCCCc1csc(-c2sc(-c3sc(-c4ccc(-c5ccc(C(=O)OC)s5)s4)cc3CCCCCCCC)cc2CCCCCCCC)c1. The van der Waals surface area contributed by atoms with E-state index in [1.165, 1.54) is 192 Å². The van der Waals surface area contributed by atoms with Crippen molar-refractivity contribution in [3.63, 3.8) is 0 Å². The predicted octanol–water partition coefficient (Wildman–Crippen LogP) is 17.2. The van der Waals surface area contributed by atoms with Gasteiger partial charge in [-0.3, -0.25) is 0 Å². The van der Waals surface area contributed by atoms with E-state index >= 15 is 0 Å². The molecule has 0 unspecified atom stereocenters. The zero-order chi connectivity index (χ0) is 37.3. The van der Waals surface area contributed by atoms with Crippen LogP contribution in [-0.2, 0) is 24.0 Å². The molecule has 0 saturated heterocycles. The lowest BCUT2D eigenvalue weighted by atomic mass is 10.0. The van der Waals surface area contributed by atoms with Gasteiger partial charge in [0.15, 0.2) is 0 Å². The summed E-state index contributed by atoms with van der Waals surface area (Å²) in [6.07, 6.45) is 27.6. The van der Waals surface area contributed by atoms with Crippen LogP contribution in [0.25, 0.3) is 39.0 Å². The van der Waals surface area contributed by atoms with Gasteiger partial charge in [0.05, 0.1) is 7.11 Å². The molecule has 0 bridgehead atoms. The minimum Gasteiger partial charge on any atom is -0.465 e. The first kappa shape index (κ1) is 42.1. The Kier molecular flexibility index (Phi) is 18.4. The van der Waals surface area contributed by atoms with Crippen LogP contribution < -0.4 is 0 Å². The van der Waals surface area contributed by atoms with Crippen LogP contribution in [0.3, 0.4) is 0 Å². The Morgan fingerprint density at radius 2 is 0.962 bits per heavy atom. The van der Waals surface area contributed by atoms with E-state index in [1.54, 1.807) is 5.56 Å². The number of ether oxygens (including phenoxy) is 1. The average Bonchev–Trinajstić information content (AvgIpc) is 4.02. The van der Waals surface area contributed by atoms with Crippen molar-refractivity contribution in [2.24, 2.45) is 0 Å². The zero-order valence-corrected chi connectivity index (χ0v) is 36.9. The van der Waals surface area contributed by atoms with E-state index in [9.17, 15) is 4.79 Å². The molecule has 0 fully saturated rings. The molecule has 0 amide bonds. The van der Waals surface area contributed by atoms with Crippen molar-refractivity contribution in [3.8, 4) is 39.0 Å². The van der Waals surface area contributed by atoms with Gasteiger partial charge in [0.25, 0.3) is 0 Å². The van der Waals surface area contributed by atoms with E-state index < -0.39 is 0 Å². The lowest BCUT2D eigenvalue weighted by Gasteiger charge is -2.03. The minimum atomic E-state index is -0.261. The van der Waals surface area contributed by atoms with Crippen LogP contribution >= 0.6 is 56.7 Å². The summed E-state index contributed by atoms with van der Waals surface area (Å²) in [6.45, 7) is 6.91. The molecule has 0 aliphatic carbocycles. The van der Waals surface area contributed by atoms with Gasteiger partial charge in [-0.2, -0.15) is 0 Å². The number of methoxy groups -OCH3 is 1. The number of unbranched alkanes of at least 4 members (excludes halogenated alkanes) is 15. The fourth-order valence-electron chi connectivity index (χ4n) is 7.09. The minimum absolute atomic E-state index is 0.261. The highest BCUT2D eigenvalue weighted by atomic mass is 32.1. The smallest absolute Gasteiger partial charge is 0.348 e. The standard InChI is InChI=1S/C46H62O2S5/c1-5-8-11-14-17-20-23-34-30-42(49-33-34)44-36(25-22-19-16-13-10-7-3)32-43(53-44)45-35(24-21-18-15-12-9-6-2)31-41(52-45)39-27-26-37(50-39)38-28-29-40(51-38)46(47)48-4/h26-33H,5-25H2,1-4H3. The highest BCUT2D eigenvalue weighted by Crippen LogP contribution is 2.48.